The molecule has 2 rings (SSSR count). The summed E-state index contributed by atoms with van der Waals surface area (Å²) in [5, 5.41) is 10.1. The summed E-state index contributed by atoms with van der Waals surface area (Å²) >= 11 is 12.4. The minimum absolute atomic E-state index is 0. The van der Waals surface area contributed by atoms with Crippen LogP contribution in [0.15, 0.2) is 42.5 Å². The Hall–Kier alpha value is -1.59. The van der Waals surface area contributed by atoms with Crippen LogP contribution in [0.3, 0.4) is 0 Å². The van der Waals surface area contributed by atoms with Gasteiger partial charge in [-0.05, 0) is 30.7 Å². The number of nitrogens with two attached hydrogens (primary N) is 1. The van der Waals surface area contributed by atoms with Crippen LogP contribution >= 0.6 is 23.2 Å². The van der Waals surface area contributed by atoms with Crippen molar-refractivity contribution in [1.82, 2.24) is 4.90 Å². The number of rotatable bonds is 5. The second-order valence-electron chi connectivity index (χ2n) is 5.06. The largest absolute Gasteiger partial charge is 0.387 e. The van der Waals surface area contributed by atoms with Crippen molar-refractivity contribution in [2.45, 2.75) is 27.4 Å². The third kappa shape index (κ3) is 6.67. The quantitative estimate of drug-likeness (QED) is 0.817. The highest BCUT2D eigenvalue weighted by atomic mass is 35.5. The van der Waals surface area contributed by atoms with Gasteiger partial charge in [-0.1, -0.05) is 73.1 Å². The van der Waals surface area contributed by atoms with Crippen LogP contribution in [0, 0.1) is 6.92 Å². The molecule has 3 N–H and O–H groups in total. The molecule has 0 fully saturated rings. The molecule has 4 nitrogen and oxygen atoms in total. The zero-order chi connectivity index (χ0) is 18.1. The van der Waals surface area contributed by atoms with E-state index in [2.05, 4.69) is 5.73 Å². The van der Waals surface area contributed by atoms with E-state index in [9.17, 15) is 9.90 Å². The molecule has 0 spiro atoms. The van der Waals surface area contributed by atoms with E-state index in [0.29, 0.717) is 23.1 Å². The Morgan fingerprint density at radius 1 is 1.04 bits per heavy atom. The van der Waals surface area contributed by atoms with Gasteiger partial charge in [0.2, 0.25) is 5.91 Å². The first-order valence-electron chi connectivity index (χ1n) is 7.46. The van der Waals surface area contributed by atoms with Crippen molar-refractivity contribution in [3.8, 4) is 0 Å². The summed E-state index contributed by atoms with van der Waals surface area (Å²) in [4.78, 5) is 13.5. The number of benzene rings is 2. The Bertz CT molecular complexity index is 664. The van der Waals surface area contributed by atoms with Gasteiger partial charge in [-0.3, -0.25) is 4.79 Å². The van der Waals surface area contributed by atoms with E-state index in [4.69, 9.17) is 23.2 Å². The number of aliphatic hydroxyl groups is 1. The predicted molar refractivity (Wildman–Crippen MR) is 106 cm³/mol. The molecular formula is C19H26Cl2N2O2. The van der Waals surface area contributed by atoms with Crippen molar-refractivity contribution in [1.29, 1.82) is 0 Å². The van der Waals surface area contributed by atoms with Crippen molar-refractivity contribution >= 4 is 29.1 Å². The third-order valence-electron chi connectivity index (χ3n) is 3.42. The van der Waals surface area contributed by atoms with Crippen LogP contribution in [0.2, 0.25) is 10.0 Å². The number of aliphatic hydroxyl groups excluding tert-OH is 1. The van der Waals surface area contributed by atoms with Crippen LogP contribution in [0.25, 0.3) is 0 Å². The topological polar surface area (TPSA) is 66.6 Å². The number of hydrogen-bond donors (Lipinski definition) is 2. The molecule has 0 aliphatic rings. The lowest BCUT2D eigenvalue weighted by Crippen LogP contribution is -2.32. The normalized spacial score (nSPS) is 9.52. The van der Waals surface area contributed by atoms with Gasteiger partial charge in [0.05, 0.1) is 10.0 Å². The van der Waals surface area contributed by atoms with Crippen LogP contribution in [0.5, 0.6) is 0 Å². The highest BCUT2D eigenvalue weighted by molar-refractivity contribution is 6.42. The zero-order valence-electron chi connectivity index (χ0n) is 13.8. The average molecular weight is 385 g/mol. The average Bonchev–Trinajstić information content (AvgIpc) is 2.63. The van der Waals surface area contributed by atoms with Crippen molar-refractivity contribution in [2.24, 2.45) is 5.73 Å². The monoisotopic (exact) mass is 384 g/mol. The van der Waals surface area contributed by atoms with Crippen LogP contribution in [0.4, 0.5) is 0 Å². The Morgan fingerprint density at radius 3 is 2.20 bits per heavy atom. The molecule has 0 unspecified atom stereocenters. The number of carbonyl (C=O) groups is 1. The van der Waals surface area contributed by atoms with Crippen LogP contribution in [0.1, 0.15) is 24.1 Å². The van der Waals surface area contributed by atoms with Crippen LogP contribution < -0.4 is 5.73 Å². The molecule has 0 heterocycles. The molecule has 2 aromatic carbocycles. The molecule has 0 saturated heterocycles. The lowest BCUT2D eigenvalue weighted by atomic mass is 10.1. The molecule has 6 heteroatoms. The minimum atomic E-state index is -0.538. The lowest BCUT2D eigenvalue weighted by Gasteiger charge is -2.23. The molecule has 0 bridgehead atoms. The number of hydrogen-bond acceptors (Lipinski definition) is 3. The molecule has 0 aliphatic carbocycles. The number of carbonyl (C=O) groups excluding carboxylic acids is 1. The van der Waals surface area contributed by atoms with Gasteiger partial charge in [-0.15, -0.1) is 0 Å². The van der Waals surface area contributed by atoms with E-state index in [-0.39, 0.29) is 13.3 Å². The Morgan fingerprint density at radius 2 is 1.64 bits per heavy atom. The highest BCUT2D eigenvalue weighted by Crippen LogP contribution is 2.30. The van der Waals surface area contributed by atoms with Gasteiger partial charge in [0.25, 0.3) is 0 Å². The Kier molecular flexibility index (Phi) is 11.1. The summed E-state index contributed by atoms with van der Waals surface area (Å²) in [5.74, 6) is -0.350. The predicted octanol–water partition coefficient (Wildman–Crippen LogP) is 4.03. The molecule has 2 aromatic rings. The maximum atomic E-state index is 12.0. The minimum Gasteiger partial charge on any atom is -0.387 e. The standard InChI is InChI=1S/C17H17Cl2NO2.CH5N.CH4/c1-12-7-8-14(17(19)16(12)18)10-20(15(22)11-21)9-13-5-3-2-4-6-13;1-2;/h2-8,21H,9-11H2,1H3;2H2,1H3;1H4. The first-order valence-corrected chi connectivity index (χ1v) is 8.22. The molecule has 0 atom stereocenters. The van der Waals surface area contributed by atoms with E-state index in [1.807, 2.05) is 49.4 Å². The molecule has 25 heavy (non-hydrogen) atoms. The van der Waals surface area contributed by atoms with Gasteiger partial charge in [0.15, 0.2) is 0 Å². The molecular weight excluding hydrogens is 359 g/mol. The van der Waals surface area contributed by atoms with Gasteiger partial charge in [-0.2, -0.15) is 0 Å². The maximum absolute atomic E-state index is 12.0. The van der Waals surface area contributed by atoms with Gasteiger partial charge in [0.1, 0.15) is 6.61 Å². The summed E-state index contributed by atoms with van der Waals surface area (Å²) in [7, 11) is 1.50. The van der Waals surface area contributed by atoms with Crippen molar-refractivity contribution in [3.63, 3.8) is 0 Å². The molecule has 138 valence electrons. The van der Waals surface area contributed by atoms with Crippen molar-refractivity contribution < 1.29 is 9.90 Å². The Balaban J connectivity index is 0.00000185. The van der Waals surface area contributed by atoms with Gasteiger partial charge in [0, 0.05) is 13.1 Å². The van der Waals surface area contributed by atoms with Crippen molar-refractivity contribution in [2.75, 3.05) is 13.7 Å². The Labute approximate surface area is 160 Å². The van der Waals surface area contributed by atoms with E-state index in [0.717, 1.165) is 16.7 Å². The second kappa shape index (κ2) is 11.9. The second-order valence-corrected chi connectivity index (χ2v) is 5.82. The summed E-state index contributed by atoms with van der Waals surface area (Å²) in [6, 6.07) is 13.3. The van der Waals surface area contributed by atoms with E-state index >= 15 is 0 Å². The summed E-state index contributed by atoms with van der Waals surface area (Å²) < 4.78 is 0. The van der Waals surface area contributed by atoms with Gasteiger partial charge < -0.3 is 15.7 Å². The fraction of sp³-hybridized carbons (Fsp3) is 0.316. The summed E-state index contributed by atoms with van der Waals surface area (Å²) in [6.45, 7) is 2.04. The highest BCUT2D eigenvalue weighted by Gasteiger charge is 2.16. The maximum Gasteiger partial charge on any atom is 0.248 e. The molecule has 0 radical (unpaired) electrons. The van der Waals surface area contributed by atoms with E-state index in [1.165, 1.54) is 7.05 Å². The SMILES string of the molecule is C.CN.Cc1ccc(CN(Cc2ccccc2)C(=O)CO)c(Cl)c1Cl. The first-order chi connectivity index (χ1) is 11.5. The molecule has 1 amide bonds. The lowest BCUT2D eigenvalue weighted by molar-refractivity contribution is -0.135. The number of nitrogens with zero attached hydrogens (tertiary/aromatic N) is 1. The van der Waals surface area contributed by atoms with Crippen molar-refractivity contribution in [3.05, 3.63) is 69.2 Å². The number of amides is 1. The summed E-state index contributed by atoms with van der Waals surface area (Å²) in [6.07, 6.45) is 0. The van der Waals surface area contributed by atoms with Crippen LogP contribution in [-0.2, 0) is 17.9 Å². The number of aryl methyl sites for hydroxylation is 1. The first kappa shape index (κ1) is 23.4. The van der Waals surface area contributed by atoms with Gasteiger partial charge >= 0.3 is 0 Å². The van der Waals surface area contributed by atoms with E-state index < -0.39 is 6.61 Å². The molecule has 0 aromatic heterocycles. The van der Waals surface area contributed by atoms with Gasteiger partial charge in [-0.25, -0.2) is 0 Å². The molecule has 0 aliphatic heterocycles. The third-order valence-corrected chi connectivity index (χ3v) is 4.44. The number of halogens is 2. The summed E-state index contributed by atoms with van der Waals surface area (Å²) in [5.41, 5.74) is 7.13. The smallest absolute Gasteiger partial charge is 0.248 e. The zero-order valence-corrected chi connectivity index (χ0v) is 15.3. The van der Waals surface area contributed by atoms with Crippen LogP contribution in [-0.4, -0.2) is 29.6 Å². The fourth-order valence-corrected chi connectivity index (χ4v) is 2.61. The van der Waals surface area contributed by atoms with E-state index in [1.54, 1.807) is 4.90 Å². The molecule has 0 saturated carbocycles. The fourth-order valence-electron chi connectivity index (χ4n) is 2.15.